The molecule has 1 saturated carbocycles. The quantitative estimate of drug-likeness (QED) is 0.854. The van der Waals surface area contributed by atoms with Gasteiger partial charge < -0.3 is 14.6 Å². The van der Waals surface area contributed by atoms with E-state index < -0.39 is 5.60 Å². The van der Waals surface area contributed by atoms with Gasteiger partial charge >= 0.3 is 0 Å². The van der Waals surface area contributed by atoms with Gasteiger partial charge in [0.15, 0.2) is 11.5 Å². The van der Waals surface area contributed by atoms with Crippen LogP contribution in [0.1, 0.15) is 43.7 Å². The lowest BCUT2D eigenvalue weighted by Gasteiger charge is -2.26. The van der Waals surface area contributed by atoms with E-state index in [2.05, 4.69) is 13.8 Å². The molecule has 3 heteroatoms. The Morgan fingerprint density at radius 1 is 1.18 bits per heavy atom. The van der Waals surface area contributed by atoms with Crippen LogP contribution in [0.25, 0.3) is 0 Å². The summed E-state index contributed by atoms with van der Waals surface area (Å²) in [6.07, 6.45) is 1.71. The lowest BCUT2D eigenvalue weighted by atomic mass is 9.91. The molecule has 92 valence electrons. The Bertz CT molecular complexity index is 447. The molecule has 1 aromatic rings. The first-order valence-corrected chi connectivity index (χ1v) is 6.27. The van der Waals surface area contributed by atoms with E-state index in [9.17, 15) is 5.11 Å². The van der Waals surface area contributed by atoms with E-state index in [1.807, 2.05) is 12.1 Å². The minimum Gasteiger partial charge on any atom is -0.486 e. The smallest absolute Gasteiger partial charge is 0.165 e. The Morgan fingerprint density at radius 3 is 2.53 bits per heavy atom. The van der Waals surface area contributed by atoms with Crippen LogP contribution in [0.2, 0.25) is 0 Å². The van der Waals surface area contributed by atoms with E-state index in [-0.39, 0.29) is 0 Å². The predicted octanol–water partition coefficient (Wildman–Crippen LogP) is 2.56. The zero-order valence-corrected chi connectivity index (χ0v) is 10.3. The summed E-state index contributed by atoms with van der Waals surface area (Å²) in [5, 5.41) is 10.3. The number of fused-ring (bicyclic) bond motifs is 1. The van der Waals surface area contributed by atoms with Gasteiger partial charge in [-0.1, -0.05) is 19.9 Å². The summed E-state index contributed by atoms with van der Waals surface area (Å²) in [7, 11) is 0. The summed E-state index contributed by atoms with van der Waals surface area (Å²) in [5.41, 5.74) is 1.52. The Balaban J connectivity index is 2.16. The van der Waals surface area contributed by atoms with Crippen LogP contribution in [0.3, 0.4) is 0 Å². The molecule has 2 aliphatic rings. The molecular weight excluding hydrogens is 216 g/mol. The number of ether oxygens (including phenoxy) is 2. The summed E-state index contributed by atoms with van der Waals surface area (Å²) in [4.78, 5) is 0. The molecule has 0 aromatic heterocycles. The summed E-state index contributed by atoms with van der Waals surface area (Å²) in [6, 6.07) is 3.92. The highest BCUT2D eigenvalue weighted by Crippen LogP contribution is 2.51. The van der Waals surface area contributed by atoms with Crippen molar-refractivity contribution in [3.8, 4) is 11.5 Å². The van der Waals surface area contributed by atoms with E-state index >= 15 is 0 Å². The molecule has 1 aromatic carbocycles. The van der Waals surface area contributed by atoms with Gasteiger partial charge in [0.05, 0.1) is 5.60 Å². The molecule has 0 saturated heterocycles. The maximum atomic E-state index is 10.3. The molecule has 0 amide bonds. The molecule has 0 unspecified atom stereocenters. The molecule has 1 N–H and O–H groups in total. The van der Waals surface area contributed by atoms with Gasteiger partial charge in [-0.05, 0) is 30.4 Å². The number of rotatable bonds is 2. The van der Waals surface area contributed by atoms with Gasteiger partial charge in [0.25, 0.3) is 0 Å². The fraction of sp³-hybridized carbons (Fsp3) is 0.571. The van der Waals surface area contributed by atoms with Crippen molar-refractivity contribution < 1.29 is 14.6 Å². The third-order valence-corrected chi connectivity index (χ3v) is 3.55. The molecule has 0 radical (unpaired) electrons. The fourth-order valence-corrected chi connectivity index (χ4v) is 2.50. The van der Waals surface area contributed by atoms with E-state index in [0.717, 1.165) is 35.5 Å². The first-order valence-electron chi connectivity index (χ1n) is 6.27. The largest absolute Gasteiger partial charge is 0.486 e. The Morgan fingerprint density at radius 2 is 1.88 bits per heavy atom. The Kier molecular flexibility index (Phi) is 2.33. The second-order valence-electron chi connectivity index (χ2n) is 5.24. The van der Waals surface area contributed by atoms with Crippen molar-refractivity contribution in [3.63, 3.8) is 0 Å². The normalized spacial score (nSPS) is 20.5. The molecule has 17 heavy (non-hydrogen) atoms. The van der Waals surface area contributed by atoms with Crippen LogP contribution < -0.4 is 9.47 Å². The fourth-order valence-electron chi connectivity index (χ4n) is 2.50. The maximum Gasteiger partial charge on any atom is 0.165 e. The van der Waals surface area contributed by atoms with Crippen molar-refractivity contribution in [1.82, 2.24) is 0 Å². The molecule has 1 heterocycles. The summed E-state index contributed by atoms with van der Waals surface area (Å²) < 4.78 is 11.3. The summed E-state index contributed by atoms with van der Waals surface area (Å²) in [5.74, 6) is 1.98. The first kappa shape index (κ1) is 10.9. The Hall–Kier alpha value is -1.22. The van der Waals surface area contributed by atoms with Gasteiger partial charge in [-0.2, -0.15) is 0 Å². The van der Waals surface area contributed by atoms with Crippen molar-refractivity contribution in [2.45, 2.75) is 38.2 Å². The summed E-state index contributed by atoms with van der Waals surface area (Å²) >= 11 is 0. The SMILES string of the molecule is CC(C)c1c(C2(O)CC2)ccc2c1OCCO2. The average molecular weight is 234 g/mol. The third-order valence-electron chi connectivity index (χ3n) is 3.55. The van der Waals surface area contributed by atoms with Crippen LogP contribution in [-0.4, -0.2) is 18.3 Å². The van der Waals surface area contributed by atoms with Crippen LogP contribution in [0, 0.1) is 0 Å². The zero-order valence-electron chi connectivity index (χ0n) is 10.3. The van der Waals surface area contributed by atoms with Gasteiger partial charge in [0, 0.05) is 5.56 Å². The highest BCUT2D eigenvalue weighted by molar-refractivity contribution is 5.55. The topological polar surface area (TPSA) is 38.7 Å². The molecule has 0 atom stereocenters. The Labute approximate surface area is 101 Å². The number of aliphatic hydroxyl groups is 1. The molecule has 1 aliphatic carbocycles. The monoisotopic (exact) mass is 234 g/mol. The lowest BCUT2D eigenvalue weighted by molar-refractivity contribution is 0.144. The molecular formula is C14H18O3. The van der Waals surface area contributed by atoms with E-state index in [4.69, 9.17) is 9.47 Å². The van der Waals surface area contributed by atoms with Gasteiger partial charge in [-0.3, -0.25) is 0 Å². The minimum atomic E-state index is -0.616. The number of hydrogen-bond donors (Lipinski definition) is 1. The summed E-state index contributed by atoms with van der Waals surface area (Å²) in [6.45, 7) is 5.45. The van der Waals surface area contributed by atoms with Gasteiger partial charge in [-0.15, -0.1) is 0 Å². The van der Waals surface area contributed by atoms with Crippen LogP contribution >= 0.6 is 0 Å². The second kappa shape index (κ2) is 3.64. The predicted molar refractivity (Wildman–Crippen MR) is 64.7 cm³/mol. The van der Waals surface area contributed by atoms with E-state index in [0.29, 0.717) is 19.1 Å². The number of hydrogen-bond acceptors (Lipinski definition) is 3. The maximum absolute atomic E-state index is 10.3. The van der Waals surface area contributed by atoms with Gasteiger partial charge in [0.2, 0.25) is 0 Å². The molecule has 3 rings (SSSR count). The van der Waals surface area contributed by atoms with Crippen LogP contribution in [0.15, 0.2) is 12.1 Å². The van der Waals surface area contributed by atoms with E-state index in [1.165, 1.54) is 0 Å². The minimum absolute atomic E-state index is 0.325. The highest BCUT2D eigenvalue weighted by Gasteiger charge is 2.45. The van der Waals surface area contributed by atoms with Crippen molar-refractivity contribution in [2.24, 2.45) is 0 Å². The van der Waals surface area contributed by atoms with Crippen molar-refractivity contribution in [1.29, 1.82) is 0 Å². The van der Waals surface area contributed by atoms with Gasteiger partial charge in [0.1, 0.15) is 13.2 Å². The highest BCUT2D eigenvalue weighted by atomic mass is 16.6. The standard InChI is InChI=1S/C14H18O3/c1-9(2)12-10(14(15)5-6-14)3-4-11-13(12)17-8-7-16-11/h3-4,9,15H,5-8H2,1-2H3. The molecule has 0 bridgehead atoms. The average Bonchev–Trinajstić information content (AvgIpc) is 3.06. The molecule has 1 fully saturated rings. The van der Waals surface area contributed by atoms with Crippen molar-refractivity contribution in [3.05, 3.63) is 23.3 Å². The van der Waals surface area contributed by atoms with E-state index in [1.54, 1.807) is 0 Å². The molecule has 1 aliphatic heterocycles. The first-order chi connectivity index (χ1) is 8.12. The lowest BCUT2D eigenvalue weighted by Crippen LogP contribution is -2.19. The van der Waals surface area contributed by atoms with Crippen LogP contribution in [0.5, 0.6) is 11.5 Å². The second-order valence-corrected chi connectivity index (χ2v) is 5.24. The zero-order chi connectivity index (χ0) is 12.0. The third kappa shape index (κ3) is 1.69. The van der Waals surface area contributed by atoms with Crippen molar-refractivity contribution >= 4 is 0 Å². The van der Waals surface area contributed by atoms with Crippen molar-refractivity contribution in [2.75, 3.05) is 13.2 Å². The number of benzene rings is 1. The molecule has 0 spiro atoms. The molecule has 3 nitrogen and oxygen atoms in total. The van der Waals surface area contributed by atoms with Crippen LogP contribution in [-0.2, 0) is 5.60 Å². The van der Waals surface area contributed by atoms with Gasteiger partial charge in [-0.25, -0.2) is 0 Å². The van der Waals surface area contributed by atoms with Crippen LogP contribution in [0.4, 0.5) is 0 Å².